The first kappa shape index (κ1) is 27.7. The van der Waals surface area contributed by atoms with Crippen LogP contribution < -0.4 is 23.7 Å². The smallest absolute Gasteiger partial charge is 0.316 e. The first-order valence-electron chi connectivity index (χ1n) is 12.3. The molecule has 0 atom stereocenters. The number of halogens is 1. The normalized spacial score (nSPS) is 12.8. The van der Waals surface area contributed by atoms with Crippen molar-refractivity contribution in [1.82, 2.24) is 19.7 Å². The number of rotatable bonds is 9. The lowest BCUT2D eigenvalue weighted by atomic mass is 9.87. The Kier molecular flexibility index (Phi) is 7.60. The zero-order valence-corrected chi connectivity index (χ0v) is 24.7. The molecule has 5 rings (SSSR count). The number of fused-ring (bicyclic) bond motifs is 1. The van der Waals surface area contributed by atoms with E-state index >= 15 is 0 Å². The highest BCUT2D eigenvalue weighted by Gasteiger charge is 2.27. The van der Waals surface area contributed by atoms with Crippen molar-refractivity contribution < 1.29 is 27.4 Å². The second kappa shape index (κ2) is 11.0. The summed E-state index contributed by atoms with van der Waals surface area (Å²) in [5.41, 5.74) is 1.99. The zero-order valence-electron chi connectivity index (χ0n) is 22.3. The van der Waals surface area contributed by atoms with Crippen molar-refractivity contribution in [1.29, 1.82) is 0 Å². The fourth-order valence-corrected chi connectivity index (χ4v) is 5.30. The Morgan fingerprint density at radius 1 is 1.00 bits per heavy atom. The summed E-state index contributed by atoms with van der Waals surface area (Å²) in [5.74, 6) is 1.57. The van der Waals surface area contributed by atoms with Crippen LogP contribution in [-0.4, -0.2) is 48.2 Å². The topological polar surface area (TPSA) is 127 Å². The molecule has 2 aromatic heterocycles. The molecule has 0 saturated carbocycles. The van der Waals surface area contributed by atoms with E-state index in [0.717, 1.165) is 10.0 Å². The van der Waals surface area contributed by atoms with Crippen molar-refractivity contribution in [2.24, 2.45) is 7.05 Å². The van der Waals surface area contributed by atoms with Crippen LogP contribution in [-0.2, 0) is 22.5 Å². The third-order valence-corrected chi connectivity index (χ3v) is 7.85. The Labute approximate surface area is 240 Å². The van der Waals surface area contributed by atoms with Crippen LogP contribution in [0.1, 0.15) is 26.3 Å². The van der Waals surface area contributed by atoms with Crippen LogP contribution in [0.4, 0.5) is 5.82 Å². The first-order chi connectivity index (χ1) is 19.0. The summed E-state index contributed by atoms with van der Waals surface area (Å²) < 4.78 is 54.3. The molecular weight excluding hydrogens is 602 g/mol. The predicted octanol–water partition coefficient (Wildman–Crippen LogP) is 4.92. The van der Waals surface area contributed by atoms with Gasteiger partial charge in [0, 0.05) is 19.4 Å². The predicted molar refractivity (Wildman–Crippen MR) is 151 cm³/mol. The Balaban J connectivity index is 1.43. The lowest BCUT2D eigenvalue weighted by Crippen LogP contribution is -2.17. The summed E-state index contributed by atoms with van der Waals surface area (Å²) in [6, 6.07) is 12.3. The minimum absolute atomic E-state index is 0.106. The van der Waals surface area contributed by atoms with Crippen molar-refractivity contribution in [2.45, 2.75) is 31.1 Å². The maximum Gasteiger partial charge on any atom is 0.316 e. The van der Waals surface area contributed by atoms with Gasteiger partial charge in [0.1, 0.15) is 19.0 Å². The molecule has 0 fully saturated rings. The molecule has 4 aromatic rings. The van der Waals surface area contributed by atoms with Crippen LogP contribution in [0.5, 0.6) is 23.4 Å². The van der Waals surface area contributed by atoms with Crippen LogP contribution in [0.15, 0.2) is 64.2 Å². The van der Waals surface area contributed by atoms with Gasteiger partial charge in [0.25, 0.3) is 10.0 Å². The Bertz CT molecular complexity index is 1620. The summed E-state index contributed by atoms with van der Waals surface area (Å²) in [6.45, 7) is 6.56. The van der Waals surface area contributed by atoms with Crippen molar-refractivity contribution in [3.63, 3.8) is 0 Å². The number of nitrogens with one attached hydrogen (secondary N) is 1. The van der Waals surface area contributed by atoms with Gasteiger partial charge < -0.3 is 18.9 Å². The summed E-state index contributed by atoms with van der Waals surface area (Å²) in [6.07, 6.45) is 3.16. The van der Waals surface area contributed by atoms with E-state index in [0.29, 0.717) is 22.6 Å². The van der Waals surface area contributed by atoms with E-state index in [1.54, 1.807) is 49.8 Å². The molecule has 13 heteroatoms. The number of aromatic nitrogens is 4. The Morgan fingerprint density at radius 2 is 1.68 bits per heavy atom. The van der Waals surface area contributed by atoms with Crippen molar-refractivity contribution in [2.75, 3.05) is 24.7 Å². The van der Waals surface area contributed by atoms with Crippen LogP contribution in [0.3, 0.4) is 0 Å². The molecule has 0 radical (unpaired) electrons. The highest BCUT2D eigenvalue weighted by molar-refractivity contribution is 9.10. The number of benzene rings is 2. The van der Waals surface area contributed by atoms with Gasteiger partial charge in [0.2, 0.25) is 12.7 Å². The van der Waals surface area contributed by atoms with Crippen LogP contribution in [0, 0.1) is 0 Å². The second-order valence-corrected chi connectivity index (χ2v) is 12.6. The van der Waals surface area contributed by atoms with Crippen LogP contribution >= 0.6 is 15.9 Å². The Hall–Kier alpha value is -3.84. The summed E-state index contributed by atoms with van der Waals surface area (Å²) in [5, 5.41) is 4.46. The molecule has 40 heavy (non-hydrogen) atoms. The molecule has 1 N–H and O–H groups in total. The Morgan fingerprint density at radius 3 is 2.38 bits per heavy atom. The number of aryl methyl sites for hydroxylation is 1. The number of hydrogen-bond donors (Lipinski definition) is 1. The molecule has 0 amide bonds. The van der Waals surface area contributed by atoms with Gasteiger partial charge in [-0.1, -0.05) is 39.0 Å². The third kappa shape index (κ3) is 5.99. The monoisotopic (exact) mass is 629 g/mol. The van der Waals surface area contributed by atoms with E-state index < -0.39 is 10.0 Å². The fourth-order valence-electron chi connectivity index (χ4n) is 4.00. The van der Waals surface area contributed by atoms with E-state index in [1.807, 2.05) is 12.1 Å². The van der Waals surface area contributed by atoms with Gasteiger partial charge in [-0.05, 0) is 56.7 Å². The molecule has 210 valence electrons. The van der Waals surface area contributed by atoms with Crippen molar-refractivity contribution >= 4 is 31.8 Å². The molecule has 0 saturated heterocycles. The maximum absolute atomic E-state index is 13.5. The third-order valence-electron chi connectivity index (χ3n) is 6.09. The number of anilines is 1. The molecule has 3 heterocycles. The summed E-state index contributed by atoms with van der Waals surface area (Å²) in [4.78, 5) is 8.27. The van der Waals surface area contributed by atoms with E-state index in [1.165, 1.54) is 4.68 Å². The van der Waals surface area contributed by atoms with Gasteiger partial charge in [0.05, 0.1) is 14.9 Å². The second-order valence-electron chi connectivity index (χ2n) is 9.98. The number of sulfonamides is 1. The summed E-state index contributed by atoms with van der Waals surface area (Å²) >= 11 is 3.28. The quantitative estimate of drug-likeness (QED) is 0.256. The van der Waals surface area contributed by atoms with Crippen LogP contribution in [0.25, 0.3) is 11.1 Å². The molecule has 0 bridgehead atoms. The van der Waals surface area contributed by atoms with Gasteiger partial charge in [-0.25, -0.2) is 23.1 Å². The number of nitrogens with zero attached hydrogens (tertiary/aromatic N) is 4. The molecule has 0 aliphatic carbocycles. The van der Waals surface area contributed by atoms with E-state index in [2.05, 4.69) is 56.5 Å². The molecular formula is C27H28BrN5O6S. The van der Waals surface area contributed by atoms with Gasteiger partial charge in [-0.15, -0.1) is 5.10 Å². The molecule has 11 nitrogen and oxygen atoms in total. The summed E-state index contributed by atoms with van der Waals surface area (Å²) in [7, 11) is -2.32. The average Bonchev–Trinajstić information content (AvgIpc) is 3.50. The lowest BCUT2D eigenvalue weighted by Gasteiger charge is -2.19. The zero-order chi connectivity index (χ0) is 28.5. The van der Waals surface area contributed by atoms with E-state index in [9.17, 15) is 8.42 Å². The van der Waals surface area contributed by atoms with Crippen molar-refractivity contribution in [3.05, 3.63) is 64.9 Å². The maximum atomic E-state index is 13.5. The molecule has 1 aliphatic rings. The molecule has 0 unspecified atom stereocenters. The lowest BCUT2D eigenvalue weighted by molar-refractivity contribution is 0.174. The molecule has 0 spiro atoms. The van der Waals surface area contributed by atoms with Gasteiger partial charge in [-0.2, -0.15) is 0 Å². The first-order valence-corrected chi connectivity index (χ1v) is 14.6. The minimum atomic E-state index is -3.96. The number of hydrogen-bond acceptors (Lipinski definition) is 9. The minimum Gasteiger partial charge on any atom is -0.472 e. The van der Waals surface area contributed by atoms with E-state index in [-0.39, 0.29) is 48.0 Å². The largest absolute Gasteiger partial charge is 0.472 e. The molecule has 2 aromatic carbocycles. The van der Waals surface area contributed by atoms with Crippen LogP contribution in [0.2, 0.25) is 0 Å². The highest BCUT2D eigenvalue weighted by Crippen LogP contribution is 2.42. The molecule has 1 aliphatic heterocycles. The standard InChI is InChI=1S/C27H28BrN5O6S/c1-27(2,3)18-6-8-20(9-7-18)40(34,35)32-24-23(17-5-10-21-22(13-17)39-16-38-21)25(31-33(24)4)36-11-12-37-26-29-14-19(28)15-30-26/h5-10,13-15,32H,11-12,16H2,1-4H3. The van der Waals surface area contributed by atoms with E-state index in [4.69, 9.17) is 18.9 Å². The highest BCUT2D eigenvalue weighted by atomic mass is 79.9. The fraction of sp³-hybridized carbons (Fsp3) is 0.296. The average molecular weight is 631 g/mol. The van der Waals surface area contributed by atoms with Gasteiger partial charge in [0.15, 0.2) is 11.5 Å². The van der Waals surface area contributed by atoms with Gasteiger partial charge in [-0.3, -0.25) is 4.72 Å². The van der Waals surface area contributed by atoms with Gasteiger partial charge >= 0.3 is 6.01 Å². The SMILES string of the molecule is Cn1nc(OCCOc2ncc(Br)cn2)c(-c2ccc3c(c2)OCO3)c1NS(=O)(=O)c1ccc(C(C)(C)C)cc1. The van der Waals surface area contributed by atoms with Crippen molar-refractivity contribution in [3.8, 4) is 34.5 Å². The number of ether oxygens (including phenoxy) is 4.